The number of nitrogens with one attached hydrogen (secondary N) is 1. The molecule has 0 radical (unpaired) electrons. The van der Waals surface area contributed by atoms with Crippen molar-refractivity contribution in [2.24, 2.45) is 0 Å². The Bertz CT molecular complexity index is 295. The van der Waals surface area contributed by atoms with Crippen molar-refractivity contribution in [2.45, 2.75) is 18.8 Å². The molecule has 1 aliphatic heterocycles. The van der Waals surface area contributed by atoms with Crippen LogP contribution in [0.4, 0.5) is 0 Å². The maximum atomic E-state index is 5.31. The predicted octanol–water partition coefficient (Wildman–Crippen LogP) is 1.56. The molecule has 14 heavy (non-hydrogen) atoms. The lowest BCUT2D eigenvalue weighted by molar-refractivity contribution is 0.386. The van der Waals surface area contributed by atoms with Crippen molar-refractivity contribution in [3.05, 3.63) is 24.0 Å². The van der Waals surface area contributed by atoms with Gasteiger partial charge in [0.2, 0.25) is 0 Å². The number of rotatable bonds is 2. The Morgan fingerprint density at radius 3 is 3.21 bits per heavy atom. The Kier molecular flexibility index (Phi) is 2.99. The van der Waals surface area contributed by atoms with Crippen LogP contribution in [-0.4, -0.2) is 25.2 Å². The van der Waals surface area contributed by atoms with Gasteiger partial charge in [-0.25, -0.2) is 0 Å². The summed E-state index contributed by atoms with van der Waals surface area (Å²) in [5.74, 6) is 1.43. The zero-order valence-electron chi connectivity index (χ0n) is 8.49. The minimum absolute atomic E-state index is 0.514. The van der Waals surface area contributed by atoms with Gasteiger partial charge in [-0.3, -0.25) is 4.98 Å². The first-order chi connectivity index (χ1) is 6.92. The van der Waals surface area contributed by atoms with E-state index in [9.17, 15) is 0 Å². The molecule has 3 heteroatoms. The van der Waals surface area contributed by atoms with Crippen LogP contribution in [0.25, 0.3) is 0 Å². The molecule has 0 saturated carbocycles. The molecule has 1 aromatic heterocycles. The van der Waals surface area contributed by atoms with Crippen molar-refractivity contribution in [2.75, 3.05) is 20.2 Å². The first-order valence-electron chi connectivity index (χ1n) is 5.11. The summed E-state index contributed by atoms with van der Waals surface area (Å²) in [6.45, 7) is 2.15. The fourth-order valence-corrected chi connectivity index (χ4v) is 1.97. The summed E-state index contributed by atoms with van der Waals surface area (Å²) in [6, 6.07) is 3.90. The highest BCUT2D eigenvalue weighted by Crippen LogP contribution is 2.28. The van der Waals surface area contributed by atoms with Crippen LogP contribution in [0, 0.1) is 0 Å². The van der Waals surface area contributed by atoms with E-state index in [-0.39, 0.29) is 0 Å². The number of piperidine rings is 1. The van der Waals surface area contributed by atoms with Gasteiger partial charge in [-0.15, -0.1) is 0 Å². The molecule has 2 rings (SSSR count). The van der Waals surface area contributed by atoms with Gasteiger partial charge in [0, 0.05) is 18.7 Å². The monoisotopic (exact) mass is 192 g/mol. The number of ether oxygens (including phenoxy) is 1. The van der Waals surface area contributed by atoms with Gasteiger partial charge in [0.1, 0.15) is 5.75 Å². The fourth-order valence-electron chi connectivity index (χ4n) is 1.97. The summed E-state index contributed by atoms with van der Waals surface area (Å²) in [6.07, 6.45) is 4.28. The average Bonchev–Trinajstić information content (AvgIpc) is 2.30. The van der Waals surface area contributed by atoms with Gasteiger partial charge in [-0.1, -0.05) is 0 Å². The first kappa shape index (κ1) is 9.46. The van der Waals surface area contributed by atoms with Crippen LogP contribution < -0.4 is 10.1 Å². The molecule has 0 aliphatic carbocycles. The average molecular weight is 192 g/mol. The molecular weight excluding hydrogens is 176 g/mol. The van der Waals surface area contributed by atoms with Crippen molar-refractivity contribution in [1.82, 2.24) is 10.3 Å². The zero-order valence-corrected chi connectivity index (χ0v) is 8.49. The molecule has 0 amide bonds. The van der Waals surface area contributed by atoms with Crippen molar-refractivity contribution < 1.29 is 4.74 Å². The molecule has 1 N–H and O–H groups in total. The fraction of sp³-hybridized carbons (Fsp3) is 0.545. The minimum Gasteiger partial charge on any atom is -0.495 e. The molecule has 1 saturated heterocycles. The maximum Gasteiger partial charge on any atom is 0.140 e. The highest BCUT2D eigenvalue weighted by molar-refractivity contribution is 5.30. The Balaban J connectivity index is 2.20. The predicted molar refractivity (Wildman–Crippen MR) is 55.6 cm³/mol. The molecule has 1 unspecified atom stereocenters. The van der Waals surface area contributed by atoms with Gasteiger partial charge in [0.25, 0.3) is 0 Å². The smallest absolute Gasteiger partial charge is 0.140 e. The van der Waals surface area contributed by atoms with Crippen LogP contribution in [0.3, 0.4) is 0 Å². The van der Waals surface area contributed by atoms with Crippen LogP contribution in [0.1, 0.15) is 24.5 Å². The quantitative estimate of drug-likeness (QED) is 0.772. The lowest BCUT2D eigenvalue weighted by Gasteiger charge is -2.23. The SMILES string of the molecule is COc1cccnc1C1CCCNC1. The van der Waals surface area contributed by atoms with Crippen molar-refractivity contribution in [3.8, 4) is 5.75 Å². The number of methoxy groups -OCH3 is 1. The number of aromatic nitrogens is 1. The van der Waals surface area contributed by atoms with Gasteiger partial charge >= 0.3 is 0 Å². The third kappa shape index (κ3) is 1.87. The van der Waals surface area contributed by atoms with E-state index in [0.717, 1.165) is 24.5 Å². The Morgan fingerprint density at radius 2 is 2.50 bits per heavy atom. The van der Waals surface area contributed by atoms with Crippen LogP contribution in [0.15, 0.2) is 18.3 Å². The topological polar surface area (TPSA) is 34.1 Å². The van der Waals surface area contributed by atoms with Gasteiger partial charge in [-0.2, -0.15) is 0 Å². The maximum absolute atomic E-state index is 5.31. The molecule has 76 valence electrons. The van der Waals surface area contributed by atoms with Crippen LogP contribution in [-0.2, 0) is 0 Å². The van der Waals surface area contributed by atoms with Crippen molar-refractivity contribution in [3.63, 3.8) is 0 Å². The van der Waals surface area contributed by atoms with Crippen molar-refractivity contribution >= 4 is 0 Å². The molecule has 1 aromatic rings. The summed E-state index contributed by atoms with van der Waals surface area (Å²) < 4.78 is 5.31. The van der Waals surface area contributed by atoms with E-state index in [4.69, 9.17) is 4.74 Å². The highest BCUT2D eigenvalue weighted by atomic mass is 16.5. The van der Waals surface area contributed by atoms with Crippen LogP contribution in [0.2, 0.25) is 0 Å². The van der Waals surface area contributed by atoms with Crippen molar-refractivity contribution in [1.29, 1.82) is 0 Å². The lowest BCUT2D eigenvalue weighted by Crippen LogP contribution is -2.29. The third-order valence-corrected chi connectivity index (χ3v) is 2.70. The molecule has 0 spiro atoms. The molecular formula is C11H16N2O. The Morgan fingerprint density at radius 1 is 1.57 bits per heavy atom. The van der Waals surface area contributed by atoms with Crippen LogP contribution >= 0.6 is 0 Å². The molecule has 3 nitrogen and oxygen atoms in total. The summed E-state index contributed by atoms with van der Waals surface area (Å²) in [5.41, 5.74) is 1.10. The number of hydrogen-bond acceptors (Lipinski definition) is 3. The second-order valence-electron chi connectivity index (χ2n) is 3.63. The summed E-state index contributed by atoms with van der Waals surface area (Å²) in [5, 5.41) is 3.39. The summed E-state index contributed by atoms with van der Waals surface area (Å²) in [7, 11) is 1.71. The first-order valence-corrected chi connectivity index (χ1v) is 5.11. The number of hydrogen-bond donors (Lipinski definition) is 1. The molecule has 1 atom stereocenters. The normalized spacial score (nSPS) is 21.9. The van der Waals surface area contributed by atoms with E-state index < -0.39 is 0 Å². The second-order valence-corrected chi connectivity index (χ2v) is 3.63. The van der Waals surface area contributed by atoms with E-state index in [0.29, 0.717) is 5.92 Å². The van der Waals surface area contributed by atoms with E-state index >= 15 is 0 Å². The standard InChI is InChI=1S/C11H16N2O/c1-14-10-5-3-7-13-11(10)9-4-2-6-12-8-9/h3,5,7,9,12H,2,4,6,8H2,1H3. The molecule has 2 heterocycles. The number of pyridine rings is 1. The lowest BCUT2D eigenvalue weighted by atomic mass is 9.95. The van der Waals surface area contributed by atoms with Gasteiger partial charge in [0.15, 0.2) is 0 Å². The third-order valence-electron chi connectivity index (χ3n) is 2.70. The molecule has 0 bridgehead atoms. The minimum atomic E-state index is 0.514. The Labute approximate surface area is 84.5 Å². The van der Waals surface area contributed by atoms with E-state index in [1.165, 1.54) is 12.8 Å². The Hall–Kier alpha value is -1.09. The van der Waals surface area contributed by atoms with Gasteiger partial charge < -0.3 is 10.1 Å². The van der Waals surface area contributed by atoms with Gasteiger partial charge in [-0.05, 0) is 31.5 Å². The van der Waals surface area contributed by atoms with Crippen LogP contribution in [0.5, 0.6) is 5.75 Å². The number of nitrogens with zero attached hydrogens (tertiary/aromatic N) is 1. The largest absolute Gasteiger partial charge is 0.495 e. The molecule has 1 aliphatic rings. The van der Waals surface area contributed by atoms with E-state index in [1.54, 1.807) is 7.11 Å². The summed E-state index contributed by atoms with van der Waals surface area (Å²) >= 11 is 0. The van der Waals surface area contributed by atoms with E-state index in [1.807, 2.05) is 18.3 Å². The van der Waals surface area contributed by atoms with Gasteiger partial charge in [0.05, 0.1) is 12.8 Å². The zero-order chi connectivity index (χ0) is 9.80. The molecule has 1 fully saturated rings. The summed E-state index contributed by atoms with van der Waals surface area (Å²) in [4.78, 5) is 4.41. The highest BCUT2D eigenvalue weighted by Gasteiger charge is 2.19. The molecule has 0 aromatic carbocycles. The second kappa shape index (κ2) is 4.42. The van der Waals surface area contributed by atoms with E-state index in [2.05, 4.69) is 10.3 Å².